The molecule has 0 bridgehead atoms. The smallest absolute Gasteiger partial charge is 0.262 e. The zero-order chi connectivity index (χ0) is 24.5. The lowest BCUT2D eigenvalue weighted by molar-refractivity contribution is -0.117. The molecule has 9 heteroatoms. The highest BCUT2D eigenvalue weighted by atomic mass is 32.2. The van der Waals surface area contributed by atoms with Gasteiger partial charge in [0.15, 0.2) is 0 Å². The summed E-state index contributed by atoms with van der Waals surface area (Å²) in [7, 11) is -2.08. The SMILES string of the molecule is COc1ccc(S(=O)(=O)N2CCC(NC(=O)/C(C#N)=C/c3cc(C)n(C4CC4)c3C)CC2)cc1. The van der Waals surface area contributed by atoms with E-state index in [1.54, 1.807) is 18.2 Å². The molecule has 2 heterocycles. The number of hydrogen-bond donors (Lipinski definition) is 1. The number of methoxy groups -OCH3 is 1. The second kappa shape index (κ2) is 9.65. The second-order valence-corrected chi connectivity index (χ2v) is 10.9. The molecule has 4 rings (SSSR count). The molecule has 1 saturated heterocycles. The lowest BCUT2D eigenvalue weighted by Gasteiger charge is -2.31. The van der Waals surface area contributed by atoms with Crippen molar-refractivity contribution in [2.24, 2.45) is 0 Å². The van der Waals surface area contributed by atoms with Crippen LogP contribution in [0.1, 0.15) is 48.7 Å². The van der Waals surface area contributed by atoms with Crippen LogP contribution in [0.5, 0.6) is 5.75 Å². The van der Waals surface area contributed by atoms with Crippen molar-refractivity contribution >= 4 is 22.0 Å². The highest BCUT2D eigenvalue weighted by Crippen LogP contribution is 2.38. The summed E-state index contributed by atoms with van der Waals surface area (Å²) in [6, 6.07) is 10.7. The molecular weight excluding hydrogens is 452 g/mol. The van der Waals surface area contributed by atoms with E-state index in [-0.39, 0.29) is 16.5 Å². The minimum atomic E-state index is -3.61. The van der Waals surface area contributed by atoms with Crippen LogP contribution in [0.15, 0.2) is 40.8 Å². The van der Waals surface area contributed by atoms with Crippen molar-refractivity contribution in [2.75, 3.05) is 20.2 Å². The van der Waals surface area contributed by atoms with Crippen molar-refractivity contribution in [1.29, 1.82) is 5.26 Å². The Morgan fingerprint density at radius 3 is 2.35 bits per heavy atom. The van der Waals surface area contributed by atoms with Crippen LogP contribution in [0.2, 0.25) is 0 Å². The first-order valence-electron chi connectivity index (χ1n) is 11.5. The van der Waals surface area contributed by atoms with Crippen molar-refractivity contribution < 1.29 is 17.9 Å². The van der Waals surface area contributed by atoms with Crippen LogP contribution in [0.4, 0.5) is 0 Å². The van der Waals surface area contributed by atoms with Gasteiger partial charge in [0.05, 0.1) is 12.0 Å². The summed E-state index contributed by atoms with van der Waals surface area (Å²) in [4.78, 5) is 13.0. The monoisotopic (exact) mass is 482 g/mol. The number of rotatable bonds is 7. The Morgan fingerprint density at radius 1 is 1.15 bits per heavy atom. The molecule has 2 fully saturated rings. The normalized spacial score (nSPS) is 17.9. The minimum Gasteiger partial charge on any atom is -0.497 e. The highest BCUT2D eigenvalue weighted by Gasteiger charge is 2.31. The van der Waals surface area contributed by atoms with Crippen molar-refractivity contribution in [3.8, 4) is 11.8 Å². The summed E-state index contributed by atoms with van der Waals surface area (Å²) in [6.07, 6.45) is 4.95. The van der Waals surface area contributed by atoms with Crippen LogP contribution in [0.3, 0.4) is 0 Å². The van der Waals surface area contributed by atoms with Gasteiger partial charge in [-0.05, 0) is 81.5 Å². The largest absolute Gasteiger partial charge is 0.497 e. The van der Waals surface area contributed by atoms with Crippen LogP contribution in [-0.4, -0.2) is 49.4 Å². The third kappa shape index (κ3) is 4.88. The number of ether oxygens (including phenoxy) is 1. The first-order valence-corrected chi connectivity index (χ1v) is 12.9. The molecular formula is C25H30N4O4S. The molecule has 1 saturated carbocycles. The van der Waals surface area contributed by atoms with E-state index in [4.69, 9.17) is 4.74 Å². The minimum absolute atomic E-state index is 0.0596. The summed E-state index contributed by atoms with van der Waals surface area (Å²) in [5, 5.41) is 12.5. The van der Waals surface area contributed by atoms with Gasteiger partial charge in [0.25, 0.3) is 5.91 Å². The third-order valence-electron chi connectivity index (χ3n) is 6.59. The van der Waals surface area contributed by atoms with Crippen molar-refractivity contribution in [1.82, 2.24) is 14.2 Å². The number of hydrogen-bond acceptors (Lipinski definition) is 5. The maximum absolute atomic E-state index is 12.9. The molecule has 1 aromatic carbocycles. The third-order valence-corrected chi connectivity index (χ3v) is 8.50. The maximum atomic E-state index is 12.9. The molecule has 1 amide bonds. The van der Waals surface area contributed by atoms with Gasteiger partial charge in [-0.2, -0.15) is 9.57 Å². The van der Waals surface area contributed by atoms with Gasteiger partial charge in [-0.1, -0.05) is 0 Å². The standard InChI is InChI=1S/C25H30N4O4S/c1-17-14-19(18(2)29(17)22-4-5-22)15-20(16-26)25(30)27-21-10-12-28(13-11-21)34(31,32)24-8-6-23(33-3)7-9-24/h6-9,14-15,21-22H,4-5,10-13H2,1-3H3,(H,27,30)/b20-15+. The van der Waals surface area contributed by atoms with Gasteiger partial charge >= 0.3 is 0 Å². The highest BCUT2D eigenvalue weighted by molar-refractivity contribution is 7.89. The molecule has 0 atom stereocenters. The summed E-state index contributed by atoms with van der Waals surface area (Å²) < 4.78 is 34.7. The number of piperidine rings is 1. The average Bonchev–Trinajstić information content (AvgIpc) is 3.62. The summed E-state index contributed by atoms with van der Waals surface area (Å²) in [5.41, 5.74) is 3.15. The number of carbonyl (C=O) groups excluding carboxylic acids is 1. The van der Waals surface area contributed by atoms with Crippen LogP contribution >= 0.6 is 0 Å². The van der Waals surface area contributed by atoms with Crippen molar-refractivity contribution in [3.05, 3.63) is 52.9 Å². The van der Waals surface area contributed by atoms with E-state index in [9.17, 15) is 18.5 Å². The zero-order valence-corrected chi connectivity index (χ0v) is 20.6. The average molecular weight is 483 g/mol. The van der Waals surface area contributed by atoms with E-state index in [0.29, 0.717) is 37.7 Å². The van der Waals surface area contributed by atoms with Gasteiger partial charge in [-0.15, -0.1) is 0 Å². The molecule has 2 aliphatic rings. The van der Waals surface area contributed by atoms with E-state index in [2.05, 4.69) is 9.88 Å². The number of nitrogens with one attached hydrogen (secondary N) is 1. The molecule has 34 heavy (non-hydrogen) atoms. The first kappa shape index (κ1) is 24.0. The number of nitriles is 1. The molecule has 0 radical (unpaired) electrons. The first-order chi connectivity index (χ1) is 16.2. The number of aromatic nitrogens is 1. The predicted molar refractivity (Wildman–Crippen MR) is 129 cm³/mol. The summed E-state index contributed by atoms with van der Waals surface area (Å²) >= 11 is 0. The molecule has 1 aliphatic heterocycles. The Hall–Kier alpha value is -3.09. The zero-order valence-electron chi connectivity index (χ0n) is 19.7. The molecule has 8 nitrogen and oxygen atoms in total. The van der Waals surface area contributed by atoms with E-state index in [1.807, 2.05) is 26.0 Å². The van der Waals surface area contributed by atoms with Gasteiger partial charge in [0, 0.05) is 36.6 Å². The number of nitrogens with zero attached hydrogens (tertiary/aromatic N) is 3. The Labute approximate surface area is 200 Å². The molecule has 1 aliphatic carbocycles. The molecule has 0 spiro atoms. The molecule has 1 N–H and O–H groups in total. The number of benzene rings is 1. The second-order valence-electron chi connectivity index (χ2n) is 8.92. The van der Waals surface area contributed by atoms with Crippen LogP contribution in [-0.2, 0) is 14.8 Å². The van der Waals surface area contributed by atoms with E-state index in [1.165, 1.54) is 23.5 Å². The van der Waals surface area contributed by atoms with Crippen LogP contribution < -0.4 is 10.1 Å². The number of carbonyl (C=O) groups is 1. The fourth-order valence-corrected chi connectivity index (χ4v) is 6.02. The van der Waals surface area contributed by atoms with E-state index < -0.39 is 15.9 Å². The van der Waals surface area contributed by atoms with E-state index >= 15 is 0 Å². The molecule has 0 unspecified atom stereocenters. The Balaban J connectivity index is 1.38. The number of sulfonamides is 1. The lowest BCUT2D eigenvalue weighted by atomic mass is 10.1. The van der Waals surface area contributed by atoms with Gasteiger partial charge in [-0.3, -0.25) is 4.79 Å². The van der Waals surface area contributed by atoms with Crippen LogP contribution in [0.25, 0.3) is 6.08 Å². The van der Waals surface area contributed by atoms with Gasteiger partial charge in [0.1, 0.15) is 17.4 Å². The molecule has 2 aromatic rings. The summed E-state index contributed by atoms with van der Waals surface area (Å²) in [5.74, 6) is 0.173. The van der Waals surface area contributed by atoms with Crippen molar-refractivity contribution in [2.45, 2.75) is 56.5 Å². The Kier molecular flexibility index (Phi) is 6.82. The van der Waals surface area contributed by atoms with Gasteiger partial charge < -0.3 is 14.6 Å². The van der Waals surface area contributed by atoms with Gasteiger partial charge in [0.2, 0.25) is 10.0 Å². The summed E-state index contributed by atoms with van der Waals surface area (Å²) in [6.45, 7) is 4.66. The predicted octanol–water partition coefficient (Wildman–Crippen LogP) is 3.32. The Morgan fingerprint density at radius 2 is 1.79 bits per heavy atom. The molecule has 1 aromatic heterocycles. The fourth-order valence-electron chi connectivity index (χ4n) is 4.55. The topological polar surface area (TPSA) is 104 Å². The number of amides is 1. The van der Waals surface area contributed by atoms with Crippen LogP contribution in [0, 0.1) is 25.2 Å². The number of aryl methyl sites for hydroxylation is 1. The van der Waals surface area contributed by atoms with Gasteiger partial charge in [-0.25, -0.2) is 8.42 Å². The van der Waals surface area contributed by atoms with E-state index in [0.717, 1.165) is 29.8 Å². The maximum Gasteiger partial charge on any atom is 0.262 e. The molecule has 180 valence electrons. The quantitative estimate of drug-likeness (QED) is 0.482. The fraction of sp³-hybridized carbons (Fsp3) is 0.440. The Bertz CT molecular complexity index is 1240. The van der Waals surface area contributed by atoms with Crippen molar-refractivity contribution in [3.63, 3.8) is 0 Å². The lowest BCUT2D eigenvalue weighted by Crippen LogP contribution is -2.46.